The molecule has 2 N–H and O–H groups in total. The number of hydrogen-bond acceptors (Lipinski definition) is 2. The maximum atomic E-state index is 11.3. The van der Waals surface area contributed by atoms with Crippen molar-refractivity contribution in [1.82, 2.24) is 5.32 Å². The van der Waals surface area contributed by atoms with E-state index in [2.05, 4.69) is 18.5 Å². The Bertz CT molecular complexity index is 484. The van der Waals surface area contributed by atoms with Crippen LogP contribution in [-0.4, -0.2) is 23.5 Å². The van der Waals surface area contributed by atoms with Gasteiger partial charge in [-0.3, -0.25) is 4.79 Å². The van der Waals surface area contributed by atoms with Gasteiger partial charge in [0, 0.05) is 12.0 Å². The lowest BCUT2D eigenvalue weighted by molar-refractivity contribution is -0.150. The van der Waals surface area contributed by atoms with Crippen molar-refractivity contribution in [2.45, 2.75) is 18.3 Å². The number of allylic oxidation sites excluding steroid dienone is 2. The second kappa shape index (κ2) is 7.28. The number of aliphatic carboxylic acids is 1. The van der Waals surface area contributed by atoms with Gasteiger partial charge < -0.3 is 10.4 Å². The maximum absolute atomic E-state index is 11.3. The Labute approximate surface area is 118 Å². The zero-order chi connectivity index (χ0) is 15.0. The minimum Gasteiger partial charge on any atom is -0.474 e. The van der Waals surface area contributed by atoms with E-state index in [-0.39, 0.29) is 6.54 Å². The average Bonchev–Trinajstić information content (AvgIpc) is 2.45. The SMILES string of the molecule is C=CCC(CC=C)(CNC(=O)C(=O)O)c1ccccc1. The highest BCUT2D eigenvalue weighted by molar-refractivity contribution is 6.31. The van der Waals surface area contributed by atoms with Gasteiger partial charge in [0.15, 0.2) is 0 Å². The van der Waals surface area contributed by atoms with E-state index in [1.165, 1.54) is 0 Å². The molecule has 1 amide bonds. The summed E-state index contributed by atoms with van der Waals surface area (Å²) >= 11 is 0. The molecule has 106 valence electrons. The molecule has 0 heterocycles. The first-order chi connectivity index (χ1) is 9.55. The van der Waals surface area contributed by atoms with Crippen molar-refractivity contribution in [3.63, 3.8) is 0 Å². The largest absolute Gasteiger partial charge is 0.474 e. The smallest absolute Gasteiger partial charge is 0.394 e. The third-order valence-electron chi connectivity index (χ3n) is 3.24. The Kier molecular flexibility index (Phi) is 5.72. The molecular weight excluding hydrogens is 254 g/mol. The number of benzene rings is 1. The summed E-state index contributed by atoms with van der Waals surface area (Å²) in [6.45, 7) is 7.73. The van der Waals surface area contributed by atoms with E-state index in [9.17, 15) is 9.59 Å². The van der Waals surface area contributed by atoms with Crippen molar-refractivity contribution in [3.05, 3.63) is 61.2 Å². The molecule has 0 aromatic heterocycles. The minimum atomic E-state index is -1.48. The molecular formula is C16H19NO3. The Morgan fingerprint density at radius 1 is 1.15 bits per heavy atom. The second-order valence-electron chi connectivity index (χ2n) is 4.62. The number of rotatable bonds is 7. The standard InChI is InChI=1S/C16H19NO3/c1-3-10-16(11-4-2,12-17-14(18)15(19)20)13-8-6-5-7-9-13/h3-9H,1-2,10-12H2,(H,17,18)(H,19,20). The van der Waals surface area contributed by atoms with Gasteiger partial charge in [-0.1, -0.05) is 42.5 Å². The number of amides is 1. The van der Waals surface area contributed by atoms with Gasteiger partial charge in [-0.2, -0.15) is 0 Å². The van der Waals surface area contributed by atoms with Crippen LogP contribution in [0.4, 0.5) is 0 Å². The van der Waals surface area contributed by atoms with E-state index >= 15 is 0 Å². The van der Waals surface area contributed by atoms with Crippen molar-refractivity contribution in [2.75, 3.05) is 6.54 Å². The highest BCUT2D eigenvalue weighted by Gasteiger charge is 2.30. The highest BCUT2D eigenvalue weighted by Crippen LogP contribution is 2.32. The average molecular weight is 273 g/mol. The molecule has 0 aliphatic rings. The molecule has 0 spiro atoms. The van der Waals surface area contributed by atoms with Gasteiger partial charge in [0.1, 0.15) is 0 Å². The highest BCUT2D eigenvalue weighted by atomic mass is 16.4. The van der Waals surface area contributed by atoms with E-state index in [1.54, 1.807) is 12.2 Å². The molecule has 0 atom stereocenters. The predicted octanol–water partition coefficient (Wildman–Crippen LogP) is 2.28. The van der Waals surface area contributed by atoms with Crippen LogP contribution in [0.15, 0.2) is 55.6 Å². The molecule has 0 radical (unpaired) electrons. The third-order valence-corrected chi connectivity index (χ3v) is 3.24. The normalized spacial score (nSPS) is 10.6. The molecule has 0 aliphatic heterocycles. The first kappa shape index (κ1) is 15.7. The van der Waals surface area contributed by atoms with Gasteiger partial charge in [0.05, 0.1) is 0 Å². The van der Waals surface area contributed by atoms with E-state index in [1.807, 2.05) is 30.3 Å². The lowest BCUT2D eigenvalue weighted by atomic mass is 9.74. The summed E-state index contributed by atoms with van der Waals surface area (Å²) in [7, 11) is 0. The zero-order valence-electron chi connectivity index (χ0n) is 11.3. The number of carboxylic acids is 1. The number of carboxylic acid groups (broad SMARTS) is 1. The molecule has 1 aromatic rings. The number of nitrogens with one attached hydrogen (secondary N) is 1. The Balaban J connectivity index is 3.05. The van der Waals surface area contributed by atoms with Crippen LogP contribution in [0.2, 0.25) is 0 Å². The lowest BCUT2D eigenvalue weighted by Crippen LogP contribution is -2.42. The zero-order valence-corrected chi connectivity index (χ0v) is 11.3. The fourth-order valence-corrected chi connectivity index (χ4v) is 2.23. The van der Waals surface area contributed by atoms with Crippen molar-refractivity contribution in [3.8, 4) is 0 Å². The van der Waals surface area contributed by atoms with Crippen molar-refractivity contribution in [1.29, 1.82) is 0 Å². The third kappa shape index (κ3) is 3.82. The molecule has 4 heteroatoms. The molecule has 20 heavy (non-hydrogen) atoms. The van der Waals surface area contributed by atoms with Gasteiger partial charge >= 0.3 is 11.9 Å². The number of carbonyl (C=O) groups is 2. The van der Waals surface area contributed by atoms with E-state index < -0.39 is 17.3 Å². The first-order valence-corrected chi connectivity index (χ1v) is 6.34. The van der Waals surface area contributed by atoms with Crippen LogP contribution >= 0.6 is 0 Å². The Morgan fingerprint density at radius 2 is 1.70 bits per heavy atom. The predicted molar refractivity (Wildman–Crippen MR) is 78.4 cm³/mol. The van der Waals surface area contributed by atoms with Gasteiger partial charge in [0.25, 0.3) is 0 Å². The molecule has 1 rings (SSSR count). The lowest BCUT2D eigenvalue weighted by Gasteiger charge is -2.32. The van der Waals surface area contributed by atoms with E-state index in [4.69, 9.17) is 5.11 Å². The van der Waals surface area contributed by atoms with Gasteiger partial charge in [-0.05, 0) is 18.4 Å². The second-order valence-corrected chi connectivity index (χ2v) is 4.62. The summed E-state index contributed by atoms with van der Waals surface area (Å²) in [6, 6.07) is 9.65. The van der Waals surface area contributed by atoms with Crippen LogP contribution in [0.25, 0.3) is 0 Å². The first-order valence-electron chi connectivity index (χ1n) is 6.34. The molecule has 1 aromatic carbocycles. The minimum absolute atomic E-state index is 0.222. The number of carbonyl (C=O) groups excluding carboxylic acids is 1. The fourth-order valence-electron chi connectivity index (χ4n) is 2.23. The summed E-state index contributed by atoms with van der Waals surface area (Å²) in [4.78, 5) is 21.9. The maximum Gasteiger partial charge on any atom is 0.394 e. The monoisotopic (exact) mass is 273 g/mol. The Hall–Kier alpha value is -2.36. The van der Waals surface area contributed by atoms with E-state index in [0.717, 1.165) is 5.56 Å². The quantitative estimate of drug-likeness (QED) is 0.591. The number of hydrogen-bond donors (Lipinski definition) is 2. The Morgan fingerprint density at radius 3 is 2.15 bits per heavy atom. The molecule has 0 bridgehead atoms. The molecule has 4 nitrogen and oxygen atoms in total. The summed E-state index contributed by atoms with van der Waals surface area (Å²) < 4.78 is 0. The van der Waals surface area contributed by atoms with Gasteiger partial charge in [0.2, 0.25) is 0 Å². The molecule has 0 unspecified atom stereocenters. The van der Waals surface area contributed by atoms with Crippen LogP contribution in [0, 0.1) is 0 Å². The fraction of sp³-hybridized carbons (Fsp3) is 0.250. The topological polar surface area (TPSA) is 66.4 Å². The van der Waals surface area contributed by atoms with Gasteiger partial charge in [-0.25, -0.2) is 4.79 Å². The molecule has 0 saturated heterocycles. The van der Waals surface area contributed by atoms with Crippen LogP contribution in [-0.2, 0) is 15.0 Å². The van der Waals surface area contributed by atoms with Crippen LogP contribution in [0.3, 0.4) is 0 Å². The van der Waals surface area contributed by atoms with Crippen molar-refractivity contribution < 1.29 is 14.7 Å². The van der Waals surface area contributed by atoms with Crippen LogP contribution < -0.4 is 5.32 Å². The van der Waals surface area contributed by atoms with Crippen LogP contribution in [0.5, 0.6) is 0 Å². The summed E-state index contributed by atoms with van der Waals surface area (Å²) in [5, 5.41) is 11.1. The molecule has 0 aliphatic carbocycles. The molecule has 0 saturated carbocycles. The van der Waals surface area contributed by atoms with E-state index in [0.29, 0.717) is 12.8 Å². The van der Waals surface area contributed by atoms with Crippen molar-refractivity contribution in [2.24, 2.45) is 0 Å². The van der Waals surface area contributed by atoms with Gasteiger partial charge in [-0.15, -0.1) is 13.2 Å². The molecule has 0 fully saturated rings. The summed E-state index contributed by atoms with van der Waals surface area (Å²) in [6.07, 6.45) is 4.76. The summed E-state index contributed by atoms with van der Waals surface area (Å²) in [5.74, 6) is -2.48. The summed E-state index contributed by atoms with van der Waals surface area (Å²) in [5.41, 5.74) is 0.598. The van der Waals surface area contributed by atoms with Crippen LogP contribution in [0.1, 0.15) is 18.4 Å². The van der Waals surface area contributed by atoms with Crippen molar-refractivity contribution >= 4 is 11.9 Å².